The van der Waals surface area contributed by atoms with Gasteiger partial charge in [0.15, 0.2) is 0 Å². The average molecular weight is 421 g/mol. The average Bonchev–Trinajstić information content (AvgIpc) is 3.43. The fourth-order valence-electron chi connectivity index (χ4n) is 4.78. The van der Waals surface area contributed by atoms with Crippen LogP contribution in [0.25, 0.3) is 0 Å². The summed E-state index contributed by atoms with van der Waals surface area (Å²) < 4.78 is 5.71. The number of carbonyl (C=O) groups excluding carboxylic acids is 2. The first-order valence-corrected chi connectivity index (χ1v) is 11.1. The normalized spacial score (nSPS) is 21.5. The van der Waals surface area contributed by atoms with Crippen molar-refractivity contribution in [2.24, 2.45) is 0 Å². The molecule has 4 heterocycles. The predicted octanol–water partition coefficient (Wildman–Crippen LogP) is 2.17. The molecule has 0 saturated carbocycles. The molecular weight excluding hydrogens is 392 g/mol. The highest BCUT2D eigenvalue weighted by atomic mass is 16.5. The molecule has 7 heteroatoms. The summed E-state index contributed by atoms with van der Waals surface area (Å²) in [5.74, 6) is -0.0788. The number of piperazine rings is 1. The molecule has 5 rings (SSSR count). The fraction of sp³-hybridized carbons (Fsp3) is 0.458. The number of aromatic nitrogens is 1. The van der Waals surface area contributed by atoms with Gasteiger partial charge in [0.05, 0.1) is 22.9 Å². The Hall–Kier alpha value is -2.77. The van der Waals surface area contributed by atoms with Crippen LogP contribution >= 0.6 is 0 Å². The maximum absolute atomic E-state index is 13.3. The van der Waals surface area contributed by atoms with Gasteiger partial charge in [-0.2, -0.15) is 0 Å². The Kier molecular flexibility index (Phi) is 5.70. The number of pyridine rings is 1. The Balaban J connectivity index is 1.24. The van der Waals surface area contributed by atoms with Crippen molar-refractivity contribution < 1.29 is 14.3 Å². The van der Waals surface area contributed by atoms with Gasteiger partial charge < -0.3 is 14.5 Å². The molecule has 2 aromatic rings. The third kappa shape index (κ3) is 4.20. The first-order chi connectivity index (χ1) is 15.2. The molecule has 162 valence electrons. The summed E-state index contributed by atoms with van der Waals surface area (Å²) in [5.41, 5.74) is 3.11. The van der Waals surface area contributed by atoms with Gasteiger partial charge in [-0.05, 0) is 36.6 Å². The third-order valence-corrected chi connectivity index (χ3v) is 6.46. The van der Waals surface area contributed by atoms with Gasteiger partial charge in [-0.15, -0.1) is 0 Å². The number of rotatable bonds is 5. The highest BCUT2D eigenvalue weighted by Gasteiger charge is 2.35. The first kappa shape index (κ1) is 20.2. The van der Waals surface area contributed by atoms with E-state index in [4.69, 9.17) is 4.74 Å². The lowest BCUT2D eigenvalue weighted by Crippen LogP contribution is -2.48. The van der Waals surface area contributed by atoms with Crippen molar-refractivity contribution in [3.63, 3.8) is 0 Å². The Morgan fingerprint density at radius 1 is 1.10 bits per heavy atom. The highest BCUT2D eigenvalue weighted by Crippen LogP contribution is 2.28. The van der Waals surface area contributed by atoms with E-state index in [-0.39, 0.29) is 17.9 Å². The molecule has 1 aromatic heterocycles. The molecule has 3 aliphatic rings. The lowest BCUT2D eigenvalue weighted by atomic mass is 10.0. The van der Waals surface area contributed by atoms with Gasteiger partial charge in [0.25, 0.3) is 11.8 Å². The van der Waals surface area contributed by atoms with Crippen LogP contribution in [0.3, 0.4) is 0 Å². The van der Waals surface area contributed by atoms with Gasteiger partial charge in [0.2, 0.25) is 0 Å². The van der Waals surface area contributed by atoms with Gasteiger partial charge >= 0.3 is 0 Å². The number of amides is 2. The zero-order valence-electron chi connectivity index (χ0n) is 17.7. The molecule has 0 radical (unpaired) electrons. The van der Waals surface area contributed by atoms with E-state index < -0.39 is 0 Å². The zero-order chi connectivity index (χ0) is 21.2. The molecule has 0 bridgehead atoms. The van der Waals surface area contributed by atoms with Crippen molar-refractivity contribution in [2.75, 3.05) is 39.3 Å². The summed E-state index contributed by atoms with van der Waals surface area (Å²) in [7, 11) is 0. The minimum atomic E-state index is -0.0401. The first-order valence-electron chi connectivity index (χ1n) is 11.1. The smallest absolute Gasteiger partial charge is 0.255 e. The standard InChI is InChI=1S/C24H28N4O3/c29-23(27-12-10-26(11-13-27)16-19-6-1-2-9-25-19)21-8-3-5-18-15-28(24(30)22(18)21)17-20-7-4-14-31-20/h1-3,5-6,8-9,20H,4,7,10-17H2/t20-/m0/s1. The second kappa shape index (κ2) is 8.77. The Labute approximate surface area is 182 Å². The molecule has 0 N–H and O–H groups in total. The zero-order valence-corrected chi connectivity index (χ0v) is 17.7. The topological polar surface area (TPSA) is 66.0 Å². The van der Waals surface area contributed by atoms with Crippen molar-refractivity contribution in [3.8, 4) is 0 Å². The van der Waals surface area contributed by atoms with Gasteiger partial charge in [0, 0.05) is 58.6 Å². The largest absolute Gasteiger partial charge is 0.376 e. The lowest BCUT2D eigenvalue weighted by molar-refractivity contribution is 0.0538. The fourth-order valence-corrected chi connectivity index (χ4v) is 4.78. The van der Waals surface area contributed by atoms with Gasteiger partial charge in [-0.25, -0.2) is 0 Å². The van der Waals surface area contributed by atoms with Crippen LogP contribution in [0.4, 0.5) is 0 Å². The molecule has 1 aromatic carbocycles. The summed E-state index contributed by atoms with van der Waals surface area (Å²) in [5, 5.41) is 0. The van der Waals surface area contributed by atoms with Crippen LogP contribution in [0, 0.1) is 0 Å². The third-order valence-electron chi connectivity index (χ3n) is 6.46. The van der Waals surface area contributed by atoms with Gasteiger partial charge in [0.1, 0.15) is 0 Å². The monoisotopic (exact) mass is 420 g/mol. The molecular formula is C24H28N4O3. The summed E-state index contributed by atoms with van der Waals surface area (Å²) in [6.45, 7) is 5.65. The number of hydrogen-bond acceptors (Lipinski definition) is 5. The minimum Gasteiger partial charge on any atom is -0.376 e. The Morgan fingerprint density at radius 2 is 1.97 bits per heavy atom. The van der Waals surface area contributed by atoms with Crippen molar-refractivity contribution in [1.29, 1.82) is 0 Å². The van der Waals surface area contributed by atoms with E-state index in [1.54, 1.807) is 6.07 Å². The number of ether oxygens (including phenoxy) is 1. The van der Waals surface area contributed by atoms with Crippen LogP contribution in [-0.4, -0.2) is 76.9 Å². The molecule has 0 unspecified atom stereocenters. The maximum atomic E-state index is 13.3. The van der Waals surface area contributed by atoms with Crippen molar-refractivity contribution >= 4 is 11.8 Å². The highest BCUT2D eigenvalue weighted by molar-refractivity contribution is 6.09. The molecule has 0 aliphatic carbocycles. The Bertz CT molecular complexity index is 951. The van der Waals surface area contributed by atoms with Crippen LogP contribution in [0.15, 0.2) is 42.6 Å². The molecule has 2 saturated heterocycles. The van der Waals surface area contributed by atoms with E-state index in [1.807, 2.05) is 46.3 Å². The van der Waals surface area contributed by atoms with Crippen LogP contribution in [-0.2, 0) is 17.8 Å². The van der Waals surface area contributed by atoms with E-state index in [1.165, 1.54) is 0 Å². The molecule has 7 nitrogen and oxygen atoms in total. The second-order valence-electron chi connectivity index (χ2n) is 8.55. The van der Waals surface area contributed by atoms with Crippen molar-refractivity contribution in [3.05, 3.63) is 65.0 Å². The predicted molar refractivity (Wildman–Crippen MR) is 116 cm³/mol. The minimum absolute atomic E-state index is 0.0387. The molecule has 3 aliphatic heterocycles. The molecule has 2 amide bonds. The summed E-state index contributed by atoms with van der Waals surface area (Å²) >= 11 is 0. The van der Waals surface area contributed by atoms with Crippen LogP contribution < -0.4 is 0 Å². The van der Waals surface area contributed by atoms with E-state index >= 15 is 0 Å². The van der Waals surface area contributed by atoms with Crippen LogP contribution in [0.2, 0.25) is 0 Å². The molecule has 2 fully saturated rings. The number of fused-ring (bicyclic) bond motifs is 1. The lowest BCUT2D eigenvalue weighted by Gasteiger charge is -2.34. The summed E-state index contributed by atoms with van der Waals surface area (Å²) in [6, 6.07) is 11.6. The van der Waals surface area contributed by atoms with Gasteiger partial charge in [-0.3, -0.25) is 19.5 Å². The molecule has 31 heavy (non-hydrogen) atoms. The van der Waals surface area contributed by atoms with Crippen molar-refractivity contribution in [1.82, 2.24) is 19.7 Å². The number of hydrogen-bond donors (Lipinski definition) is 0. The van der Waals surface area contributed by atoms with Gasteiger partial charge in [-0.1, -0.05) is 18.2 Å². The second-order valence-corrected chi connectivity index (χ2v) is 8.55. The number of benzene rings is 1. The maximum Gasteiger partial charge on any atom is 0.255 e. The van der Waals surface area contributed by atoms with Crippen LogP contribution in [0.1, 0.15) is 44.8 Å². The van der Waals surface area contributed by atoms with E-state index in [0.29, 0.717) is 37.3 Å². The van der Waals surface area contributed by atoms with E-state index in [0.717, 1.165) is 50.3 Å². The summed E-state index contributed by atoms with van der Waals surface area (Å²) in [4.78, 5) is 36.9. The number of nitrogens with zero attached hydrogens (tertiary/aromatic N) is 4. The SMILES string of the molecule is O=C(c1cccc2c1C(=O)N(C[C@@H]1CCCO1)C2)N1CCN(Cc2ccccn2)CC1. The van der Waals surface area contributed by atoms with Crippen LogP contribution in [0.5, 0.6) is 0 Å². The Morgan fingerprint density at radius 3 is 2.71 bits per heavy atom. The summed E-state index contributed by atoms with van der Waals surface area (Å²) in [6.07, 6.45) is 3.97. The molecule has 1 atom stereocenters. The van der Waals surface area contributed by atoms with Crippen molar-refractivity contribution in [2.45, 2.75) is 32.0 Å². The van der Waals surface area contributed by atoms with E-state index in [2.05, 4.69) is 9.88 Å². The quantitative estimate of drug-likeness (QED) is 0.742. The van der Waals surface area contributed by atoms with E-state index in [9.17, 15) is 9.59 Å². The number of carbonyl (C=O) groups is 2. The molecule has 0 spiro atoms.